The number of likely N-dealkylation sites (tertiary alicyclic amines) is 1. The standard InChI is InChI=1S/C22H26ClFN4O2/c1-25-22(27-10-8-15-16(23)4-2-5-17(15)24)26-9-3-11-28-20(29)18-13-6-7-14(12-13)19(18)21(28)30/h2,4-7,13-14,18-19H,3,8-12H2,1H3,(H2,25,26,27). The molecule has 0 spiro atoms. The summed E-state index contributed by atoms with van der Waals surface area (Å²) in [6.45, 7) is 1.46. The first-order valence-electron chi connectivity index (χ1n) is 10.4. The summed E-state index contributed by atoms with van der Waals surface area (Å²) in [4.78, 5) is 30.9. The highest BCUT2D eigenvalue weighted by atomic mass is 35.5. The lowest BCUT2D eigenvalue weighted by Crippen LogP contribution is -2.40. The van der Waals surface area contributed by atoms with Crippen LogP contribution >= 0.6 is 11.6 Å². The molecule has 2 fully saturated rings. The van der Waals surface area contributed by atoms with Crippen molar-refractivity contribution in [2.75, 3.05) is 26.7 Å². The lowest BCUT2D eigenvalue weighted by Gasteiger charge is -2.18. The molecule has 2 aliphatic carbocycles. The van der Waals surface area contributed by atoms with Crippen LogP contribution in [0.4, 0.5) is 4.39 Å². The van der Waals surface area contributed by atoms with E-state index in [9.17, 15) is 14.0 Å². The van der Waals surface area contributed by atoms with Crippen molar-refractivity contribution in [2.24, 2.45) is 28.7 Å². The molecule has 160 valence electrons. The number of fused-ring (bicyclic) bond motifs is 5. The Bertz CT molecular complexity index is 853. The summed E-state index contributed by atoms with van der Waals surface area (Å²) in [7, 11) is 1.66. The zero-order chi connectivity index (χ0) is 21.3. The fraction of sp³-hybridized carbons (Fsp3) is 0.500. The first kappa shape index (κ1) is 20.8. The number of hydrogen-bond acceptors (Lipinski definition) is 3. The molecule has 1 heterocycles. The number of aliphatic imine (C=N–C) groups is 1. The van der Waals surface area contributed by atoms with Crippen molar-refractivity contribution in [3.63, 3.8) is 0 Å². The maximum atomic E-state index is 13.8. The van der Waals surface area contributed by atoms with Crippen LogP contribution in [0.3, 0.4) is 0 Å². The molecular weight excluding hydrogens is 407 g/mol. The minimum Gasteiger partial charge on any atom is -0.356 e. The van der Waals surface area contributed by atoms with Gasteiger partial charge in [-0.05, 0) is 43.2 Å². The van der Waals surface area contributed by atoms with Crippen molar-refractivity contribution in [3.05, 3.63) is 46.8 Å². The van der Waals surface area contributed by atoms with Gasteiger partial charge in [0.15, 0.2) is 5.96 Å². The average molecular weight is 433 g/mol. The molecular formula is C22H26ClFN4O2. The molecule has 1 saturated carbocycles. The van der Waals surface area contributed by atoms with Gasteiger partial charge in [-0.25, -0.2) is 4.39 Å². The largest absolute Gasteiger partial charge is 0.356 e. The molecule has 0 radical (unpaired) electrons. The van der Waals surface area contributed by atoms with Crippen molar-refractivity contribution in [1.82, 2.24) is 15.5 Å². The molecule has 4 atom stereocenters. The van der Waals surface area contributed by atoms with E-state index in [0.717, 1.165) is 6.42 Å². The molecule has 4 rings (SSSR count). The highest BCUT2D eigenvalue weighted by molar-refractivity contribution is 6.31. The summed E-state index contributed by atoms with van der Waals surface area (Å²) in [6.07, 6.45) is 6.22. The first-order valence-corrected chi connectivity index (χ1v) is 10.8. The van der Waals surface area contributed by atoms with Gasteiger partial charge >= 0.3 is 0 Å². The van der Waals surface area contributed by atoms with E-state index < -0.39 is 0 Å². The zero-order valence-corrected chi connectivity index (χ0v) is 17.7. The molecule has 8 heteroatoms. The van der Waals surface area contributed by atoms with E-state index in [1.165, 1.54) is 11.0 Å². The highest BCUT2D eigenvalue weighted by Gasteiger charge is 2.58. The molecule has 2 N–H and O–H groups in total. The zero-order valence-electron chi connectivity index (χ0n) is 16.9. The van der Waals surface area contributed by atoms with Gasteiger partial charge in [0.2, 0.25) is 11.8 Å². The van der Waals surface area contributed by atoms with Crippen LogP contribution in [0.5, 0.6) is 0 Å². The topological polar surface area (TPSA) is 73.8 Å². The molecule has 1 aromatic rings. The van der Waals surface area contributed by atoms with E-state index in [4.69, 9.17) is 11.6 Å². The van der Waals surface area contributed by atoms with E-state index in [1.807, 2.05) is 0 Å². The van der Waals surface area contributed by atoms with Crippen molar-refractivity contribution < 1.29 is 14.0 Å². The number of allylic oxidation sites excluding steroid dienone is 2. The summed E-state index contributed by atoms with van der Waals surface area (Å²) >= 11 is 6.05. The Morgan fingerprint density at radius 1 is 1.17 bits per heavy atom. The maximum absolute atomic E-state index is 13.8. The van der Waals surface area contributed by atoms with Crippen molar-refractivity contribution in [1.29, 1.82) is 0 Å². The number of amides is 2. The fourth-order valence-corrected chi connectivity index (χ4v) is 5.18. The smallest absolute Gasteiger partial charge is 0.233 e. The first-order chi connectivity index (χ1) is 14.5. The van der Waals surface area contributed by atoms with Gasteiger partial charge in [0, 0.05) is 37.3 Å². The lowest BCUT2D eigenvalue weighted by atomic mass is 9.85. The fourth-order valence-electron chi connectivity index (χ4n) is 4.93. The average Bonchev–Trinajstić information content (AvgIpc) is 3.41. The van der Waals surface area contributed by atoms with Crippen LogP contribution in [-0.2, 0) is 16.0 Å². The van der Waals surface area contributed by atoms with Crippen LogP contribution in [0.25, 0.3) is 0 Å². The maximum Gasteiger partial charge on any atom is 0.233 e. The van der Waals surface area contributed by atoms with Crippen molar-refractivity contribution in [2.45, 2.75) is 19.3 Å². The Kier molecular flexibility index (Phi) is 6.09. The minimum atomic E-state index is -0.319. The third kappa shape index (κ3) is 3.83. The summed E-state index contributed by atoms with van der Waals surface area (Å²) in [5, 5.41) is 6.71. The number of hydrogen-bond donors (Lipinski definition) is 2. The Morgan fingerprint density at radius 2 is 1.83 bits per heavy atom. The molecule has 2 bridgehead atoms. The van der Waals surface area contributed by atoms with Crippen LogP contribution in [-0.4, -0.2) is 49.4 Å². The molecule has 6 nitrogen and oxygen atoms in total. The molecule has 4 unspecified atom stereocenters. The summed E-state index contributed by atoms with van der Waals surface area (Å²) in [5.74, 6) is 0.454. The monoisotopic (exact) mass is 432 g/mol. The number of nitrogens with one attached hydrogen (secondary N) is 2. The van der Waals surface area contributed by atoms with Gasteiger partial charge in [0.05, 0.1) is 11.8 Å². The van der Waals surface area contributed by atoms with Gasteiger partial charge in [-0.15, -0.1) is 0 Å². The molecule has 2 amide bonds. The number of carbonyl (C=O) groups excluding carboxylic acids is 2. The molecule has 3 aliphatic rings. The Morgan fingerprint density at radius 3 is 2.47 bits per heavy atom. The Balaban J connectivity index is 1.20. The second-order valence-electron chi connectivity index (χ2n) is 8.06. The quantitative estimate of drug-likeness (QED) is 0.228. The lowest BCUT2D eigenvalue weighted by molar-refractivity contribution is -0.140. The molecule has 30 heavy (non-hydrogen) atoms. The predicted molar refractivity (Wildman–Crippen MR) is 114 cm³/mol. The van der Waals surface area contributed by atoms with Crippen LogP contribution in [0.1, 0.15) is 18.4 Å². The van der Waals surface area contributed by atoms with E-state index in [1.54, 1.807) is 19.2 Å². The number of benzene rings is 1. The summed E-state index contributed by atoms with van der Waals surface area (Å²) in [6, 6.07) is 4.65. The van der Waals surface area contributed by atoms with E-state index in [0.29, 0.717) is 49.0 Å². The summed E-state index contributed by atoms with van der Waals surface area (Å²) < 4.78 is 13.8. The number of halogens is 2. The number of carbonyl (C=O) groups is 2. The van der Waals surface area contributed by atoms with Crippen LogP contribution < -0.4 is 10.6 Å². The highest BCUT2D eigenvalue weighted by Crippen LogP contribution is 2.52. The van der Waals surface area contributed by atoms with Gasteiger partial charge in [-0.1, -0.05) is 29.8 Å². The third-order valence-electron chi connectivity index (χ3n) is 6.37. The Labute approximate surface area is 180 Å². The van der Waals surface area contributed by atoms with Crippen molar-refractivity contribution >= 4 is 29.4 Å². The molecule has 1 aliphatic heterocycles. The third-order valence-corrected chi connectivity index (χ3v) is 6.72. The van der Waals surface area contributed by atoms with E-state index in [2.05, 4.69) is 27.8 Å². The van der Waals surface area contributed by atoms with Gasteiger partial charge in [0.1, 0.15) is 5.82 Å². The number of imide groups is 1. The second kappa shape index (κ2) is 8.76. The molecule has 1 aromatic carbocycles. The Hall–Kier alpha value is -2.41. The second-order valence-corrected chi connectivity index (χ2v) is 8.46. The summed E-state index contributed by atoms with van der Waals surface area (Å²) in [5.41, 5.74) is 0.474. The number of guanidine groups is 1. The van der Waals surface area contributed by atoms with Crippen LogP contribution in [0.2, 0.25) is 5.02 Å². The molecule has 1 saturated heterocycles. The SMILES string of the molecule is CN=C(NCCCN1C(=O)C2C3C=CC(C3)C2C1=O)NCCc1c(F)cccc1Cl. The van der Waals surface area contributed by atoms with Crippen LogP contribution in [0.15, 0.2) is 35.3 Å². The van der Waals surface area contributed by atoms with Crippen molar-refractivity contribution in [3.8, 4) is 0 Å². The predicted octanol–water partition coefficient (Wildman–Crippen LogP) is 2.38. The van der Waals surface area contributed by atoms with Crippen LogP contribution in [0, 0.1) is 29.5 Å². The normalized spacial score (nSPS) is 27.2. The number of rotatable bonds is 7. The minimum absolute atomic E-state index is 0.00822. The number of nitrogens with zero attached hydrogens (tertiary/aromatic N) is 2. The van der Waals surface area contributed by atoms with Gasteiger partial charge in [-0.2, -0.15) is 0 Å². The van der Waals surface area contributed by atoms with E-state index >= 15 is 0 Å². The van der Waals surface area contributed by atoms with Gasteiger partial charge in [-0.3, -0.25) is 19.5 Å². The molecule has 0 aromatic heterocycles. The van der Waals surface area contributed by atoms with Gasteiger partial charge in [0.25, 0.3) is 0 Å². The van der Waals surface area contributed by atoms with Gasteiger partial charge < -0.3 is 10.6 Å². The van der Waals surface area contributed by atoms with E-state index in [-0.39, 0.29) is 41.3 Å².